The van der Waals surface area contributed by atoms with Gasteiger partial charge < -0.3 is 19.5 Å². The summed E-state index contributed by atoms with van der Waals surface area (Å²) in [4.78, 5) is 17.5. The van der Waals surface area contributed by atoms with E-state index in [0.29, 0.717) is 5.88 Å². The standard InChI is InChI=1S/C22H26N2O4/c1-14(2)27-19-8-3-15(4-9-19)16-5-10-21(23-13-16)28-20-11-17-6-7-18(12-20)24(17)22(25)26/h3-5,8-10,13-14,17-18,20H,6-7,11-12H2,1-2H3,(H,25,26)/t17-,18+,20-. The molecule has 1 N–H and O–H groups in total. The highest BCUT2D eigenvalue weighted by molar-refractivity contribution is 5.66. The van der Waals surface area contributed by atoms with Gasteiger partial charge in [0.2, 0.25) is 5.88 Å². The molecule has 2 saturated heterocycles. The Balaban J connectivity index is 1.38. The number of fused-ring (bicyclic) bond motifs is 2. The molecule has 0 spiro atoms. The minimum atomic E-state index is -0.807. The summed E-state index contributed by atoms with van der Waals surface area (Å²) in [7, 11) is 0. The highest BCUT2D eigenvalue weighted by atomic mass is 16.5. The Kier molecular flexibility index (Phi) is 5.11. The molecule has 3 atom stereocenters. The Labute approximate surface area is 165 Å². The van der Waals surface area contributed by atoms with Gasteiger partial charge in [-0.1, -0.05) is 12.1 Å². The van der Waals surface area contributed by atoms with E-state index in [1.807, 2.05) is 56.4 Å². The first kappa shape index (κ1) is 18.6. The first-order chi connectivity index (χ1) is 13.5. The number of aromatic nitrogens is 1. The van der Waals surface area contributed by atoms with Gasteiger partial charge in [-0.3, -0.25) is 0 Å². The second kappa shape index (κ2) is 7.70. The van der Waals surface area contributed by atoms with Gasteiger partial charge >= 0.3 is 6.09 Å². The van der Waals surface area contributed by atoms with Gasteiger partial charge in [-0.15, -0.1) is 0 Å². The number of hydrogen-bond donors (Lipinski definition) is 1. The first-order valence-corrected chi connectivity index (χ1v) is 9.90. The van der Waals surface area contributed by atoms with Crippen molar-refractivity contribution in [2.75, 3.05) is 0 Å². The number of rotatable bonds is 5. The quantitative estimate of drug-likeness (QED) is 0.819. The zero-order valence-corrected chi connectivity index (χ0v) is 16.2. The van der Waals surface area contributed by atoms with Crippen LogP contribution in [-0.4, -0.2) is 45.4 Å². The van der Waals surface area contributed by atoms with Crippen LogP contribution in [0, 0.1) is 0 Å². The summed E-state index contributed by atoms with van der Waals surface area (Å²) in [5.41, 5.74) is 2.09. The van der Waals surface area contributed by atoms with Crippen molar-refractivity contribution >= 4 is 6.09 Å². The van der Waals surface area contributed by atoms with Crippen molar-refractivity contribution in [3.8, 4) is 22.8 Å². The second-order valence-electron chi connectivity index (χ2n) is 7.86. The number of benzene rings is 1. The minimum Gasteiger partial charge on any atom is -0.491 e. The molecule has 6 nitrogen and oxygen atoms in total. The average molecular weight is 382 g/mol. The Hall–Kier alpha value is -2.76. The van der Waals surface area contributed by atoms with Crippen molar-refractivity contribution in [1.82, 2.24) is 9.88 Å². The molecule has 2 aliphatic rings. The highest BCUT2D eigenvalue weighted by Gasteiger charge is 2.44. The third kappa shape index (κ3) is 3.91. The highest BCUT2D eigenvalue weighted by Crippen LogP contribution is 2.37. The van der Waals surface area contributed by atoms with Crippen LogP contribution in [0.4, 0.5) is 4.79 Å². The van der Waals surface area contributed by atoms with Gasteiger partial charge in [0.1, 0.15) is 11.9 Å². The van der Waals surface area contributed by atoms with Crippen LogP contribution in [0.25, 0.3) is 11.1 Å². The van der Waals surface area contributed by atoms with E-state index < -0.39 is 6.09 Å². The first-order valence-electron chi connectivity index (χ1n) is 9.90. The predicted molar refractivity (Wildman–Crippen MR) is 106 cm³/mol. The third-order valence-electron chi connectivity index (χ3n) is 5.49. The van der Waals surface area contributed by atoms with E-state index in [1.54, 1.807) is 4.90 Å². The molecule has 2 aromatic rings. The molecule has 0 saturated carbocycles. The van der Waals surface area contributed by atoms with E-state index in [-0.39, 0.29) is 24.3 Å². The fourth-order valence-corrected chi connectivity index (χ4v) is 4.33. The molecule has 4 rings (SSSR count). The summed E-state index contributed by atoms with van der Waals surface area (Å²) in [6.45, 7) is 4.01. The normalized spacial score (nSPS) is 23.7. The predicted octanol–water partition coefficient (Wildman–Crippen LogP) is 4.59. The van der Waals surface area contributed by atoms with Crippen molar-refractivity contribution in [3.05, 3.63) is 42.6 Å². The van der Waals surface area contributed by atoms with Gasteiger partial charge in [0, 0.05) is 42.8 Å². The van der Waals surface area contributed by atoms with Crippen LogP contribution in [0.1, 0.15) is 39.5 Å². The van der Waals surface area contributed by atoms with E-state index in [4.69, 9.17) is 9.47 Å². The zero-order chi connectivity index (χ0) is 19.7. The molecule has 3 heterocycles. The molecule has 148 valence electrons. The van der Waals surface area contributed by atoms with E-state index in [2.05, 4.69) is 4.98 Å². The van der Waals surface area contributed by atoms with E-state index >= 15 is 0 Å². The maximum absolute atomic E-state index is 11.4. The topological polar surface area (TPSA) is 71.9 Å². The Morgan fingerprint density at radius 3 is 2.25 bits per heavy atom. The molecule has 2 fully saturated rings. The molecule has 1 aromatic carbocycles. The number of hydrogen-bond acceptors (Lipinski definition) is 4. The van der Waals surface area contributed by atoms with Gasteiger partial charge in [-0.25, -0.2) is 9.78 Å². The van der Waals surface area contributed by atoms with Crippen molar-refractivity contribution in [2.45, 2.75) is 63.8 Å². The Bertz CT molecular complexity index is 805. The number of amides is 1. The molecule has 1 amide bonds. The fraction of sp³-hybridized carbons (Fsp3) is 0.455. The number of piperidine rings is 1. The summed E-state index contributed by atoms with van der Waals surface area (Å²) in [6.07, 6.45) is 4.53. The lowest BCUT2D eigenvalue weighted by Crippen LogP contribution is -2.48. The van der Waals surface area contributed by atoms with Gasteiger partial charge in [0.05, 0.1) is 6.10 Å². The lowest BCUT2D eigenvalue weighted by Gasteiger charge is -2.36. The van der Waals surface area contributed by atoms with Gasteiger partial charge in [-0.2, -0.15) is 0 Å². The van der Waals surface area contributed by atoms with Crippen LogP contribution in [-0.2, 0) is 0 Å². The number of carboxylic acid groups (broad SMARTS) is 1. The van der Waals surface area contributed by atoms with Crippen LogP contribution in [0.15, 0.2) is 42.6 Å². The lowest BCUT2D eigenvalue weighted by atomic mass is 10.0. The smallest absolute Gasteiger partial charge is 0.407 e. The van der Waals surface area contributed by atoms with Crippen molar-refractivity contribution in [3.63, 3.8) is 0 Å². The molecule has 0 radical (unpaired) electrons. The summed E-state index contributed by atoms with van der Waals surface area (Å²) in [6, 6.07) is 12.0. The summed E-state index contributed by atoms with van der Waals surface area (Å²) >= 11 is 0. The molecule has 0 unspecified atom stereocenters. The number of carbonyl (C=O) groups is 1. The van der Waals surface area contributed by atoms with Gasteiger partial charge in [0.25, 0.3) is 0 Å². The SMILES string of the molecule is CC(C)Oc1ccc(-c2ccc(O[C@@H]3C[C@H]4CC[C@@H](C3)N4C(=O)O)nc2)cc1. The van der Waals surface area contributed by atoms with Crippen molar-refractivity contribution in [1.29, 1.82) is 0 Å². The molecular formula is C22H26N2O4. The maximum atomic E-state index is 11.4. The number of nitrogens with zero attached hydrogens (tertiary/aromatic N) is 2. The van der Waals surface area contributed by atoms with E-state index in [1.165, 1.54) is 0 Å². The zero-order valence-electron chi connectivity index (χ0n) is 16.2. The summed E-state index contributed by atoms with van der Waals surface area (Å²) < 4.78 is 11.7. The van der Waals surface area contributed by atoms with E-state index in [9.17, 15) is 9.90 Å². The molecule has 0 aliphatic carbocycles. The Morgan fingerprint density at radius 1 is 1.07 bits per heavy atom. The molecule has 28 heavy (non-hydrogen) atoms. The molecule has 2 bridgehead atoms. The van der Waals surface area contributed by atoms with Crippen LogP contribution in [0.5, 0.6) is 11.6 Å². The average Bonchev–Trinajstić information content (AvgIpc) is 2.94. The fourth-order valence-electron chi connectivity index (χ4n) is 4.33. The van der Waals surface area contributed by atoms with Crippen LogP contribution in [0.2, 0.25) is 0 Å². The monoisotopic (exact) mass is 382 g/mol. The summed E-state index contributed by atoms with van der Waals surface area (Å²) in [5, 5.41) is 9.36. The summed E-state index contributed by atoms with van der Waals surface area (Å²) in [5.74, 6) is 1.45. The largest absolute Gasteiger partial charge is 0.491 e. The number of ether oxygens (including phenoxy) is 2. The maximum Gasteiger partial charge on any atom is 0.407 e. The van der Waals surface area contributed by atoms with Crippen LogP contribution < -0.4 is 9.47 Å². The van der Waals surface area contributed by atoms with Crippen molar-refractivity contribution in [2.24, 2.45) is 0 Å². The van der Waals surface area contributed by atoms with E-state index in [0.717, 1.165) is 42.6 Å². The van der Waals surface area contributed by atoms with Crippen LogP contribution in [0.3, 0.4) is 0 Å². The third-order valence-corrected chi connectivity index (χ3v) is 5.49. The van der Waals surface area contributed by atoms with Crippen LogP contribution >= 0.6 is 0 Å². The molecule has 2 aliphatic heterocycles. The molecular weight excluding hydrogens is 356 g/mol. The second-order valence-corrected chi connectivity index (χ2v) is 7.86. The Morgan fingerprint density at radius 2 is 1.71 bits per heavy atom. The minimum absolute atomic E-state index is 0.0268. The molecule has 1 aromatic heterocycles. The lowest BCUT2D eigenvalue weighted by molar-refractivity contribution is 0.0477. The van der Waals surface area contributed by atoms with Gasteiger partial charge in [0.15, 0.2) is 0 Å². The van der Waals surface area contributed by atoms with Crippen molar-refractivity contribution < 1.29 is 19.4 Å². The molecule has 6 heteroatoms. The van der Waals surface area contributed by atoms with Gasteiger partial charge in [-0.05, 0) is 50.5 Å². The number of pyridine rings is 1.